The van der Waals surface area contributed by atoms with Gasteiger partial charge in [0.25, 0.3) is 17.5 Å². The minimum Gasteiger partial charge on any atom is -0.353 e. The quantitative estimate of drug-likeness (QED) is 0.325. The summed E-state index contributed by atoms with van der Waals surface area (Å²) in [7, 11) is 0. The van der Waals surface area contributed by atoms with Crippen molar-refractivity contribution in [3.05, 3.63) is 74.8 Å². The summed E-state index contributed by atoms with van der Waals surface area (Å²) in [5.74, 6) is -1.02. The van der Waals surface area contributed by atoms with Gasteiger partial charge in [-0.1, -0.05) is 24.3 Å². The van der Waals surface area contributed by atoms with Gasteiger partial charge in [-0.15, -0.1) is 0 Å². The van der Waals surface area contributed by atoms with E-state index in [-0.39, 0.29) is 17.0 Å². The molecule has 3 aromatic rings. The number of amides is 3. The third-order valence-corrected chi connectivity index (χ3v) is 6.66. The third kappa shape index (κ3) is 3.76. The van der Waals surface area contributed by atoms with Crippen LogP contribution < -0.4 is 4.90 Å². The maximum Gasteiger partial charge on any atom is 0.282 e. The van der Waals surface area contributed by atoms with Crippen molar-refractivity contribution in [3.8, 4) is 0 Å². The predicted octanol–water partition coefficient (Wildman–Crippen LogP) is 2.70. The second kappa shape index (κ2) is 8.46. The Bertz CT molecular complexity index is 1410. The second-order valence-electron chi connectivity index (χ2n) is 8.79. The van der Waals surface area contributed by atoms with Crippen LogP contribution in [-0.2, 0) is 4.79 Å². The van der Waals surface area contributed by atoms with Crippen molar-refractivity contribution in [2.75, 3.05) is 37.6 Å². The maximum absolute atomic E-state index is 12.9. The summed E-state index contributed by atoms with van der Waals surface area (Å²) in [4.78, 5) is 58.4. The van der Waals surface area contributed by atoms with Gasteiger partial charge in [-0.25, -0.2) is 4.98 Å². The number of para-hydroxylation sites is 1. The van der Waals surface area contributed by atoms with Crippen LogP contribution in [0.5, 0.6) is 0 Å². The van der Waals surface area contributed by atoms with E-state index in [2.05, 4.69) is 17.9 Å². The number of aromatic nitrogens is 1. The van der Waals surface area contributed by atoms with E-state index < -0.39 is 29.0 Å². The molecule has 0 atom stereocenters. The first-order valence-corrected chi connectivity index (χ1v) is 11.3. The summed E-state index contributed by atoms with van der Waals surface area (Å²) in [6.45, 7) is 5.58. The summed E-state index contributed by atoms with van der Waals surface area (Å²) < 4.78 is 0. The first kappa shape index (κ1) is 22.5. The monoisotopic (exact) mass is 473 g/mol. The lowest BCUT2D eigenvalue weighted by atomic mass is 10.1. The zero-order valence-corrected chi connectivity index (χ0v) is 19.4. The highest BCUT2D eigenvalue weighted by atomic mass is 16.6. The Kier molecular flexibility index (Phi) is 5.43. The number of hydrogen-bond acceptors (Lipinski definition) is 7. The number of rotatable bonds is 4. The molecule has 3 heterocycles. The zero-order valence-electron chi connectivity index (χ0n) is 19.4. The molecule has 1 fully saturated rings. The van der Waals surface area contributed by atoms with Crippen LogP contribution in [0.2, 0.25) is 0 Å². The van der Waals surface area contributed by atoms with Gasteiger partial charge in [0, 0.05) is 37.6 Å². The lowest BCUT2D eigenvalue weighted by Gasteiger charge is -2.36. The van der Waals surface area contributed by atoms with Crippen molar-refractivity contribution in [3.63, 3.8) is 0 Å². The fourth-order valence-electron chi connectivity index (χ4n) is 4.74. The lowest BCUT2D eigenvalue weighted by molar-refractivity contribution is -0.385. The molecule has 1 saturated heterocycles. The molecule has 0 bridgehead atoms. The molecule has 0 unspecified atom stereocenters. The van der Waals surface area contributed by atoms with Crippen LogP contribution in [0, 0.1) is 24.0 Å². The topological polar surface area (TPSA) is 117 Å². The molecule has 2 aliphatic heterocycles. The number of anilines is 1. The Morgan fingerprint density at radius 3 is 2.43 bits per heavy atom. The van der Waals surface area contributed by atoms with Crippen LogP contribution in [0.4, 0.5) is 11.5 Å². The van der Waals surface area contributed by atoms with E-state index in [1.807, 2.05) is 25.1 Å². The molecular weight excluding hydrogens is 450 g/mol. The van der Waals surface area contributed by atoms with Gasteiger partial charge in [-0.3, -0.25) is 29.4 Å². The molecule has 35 heavy (non-hydrogen) atoms. The molecule has 1 aromatic heterocycles. The molecular formula is C25H23N5O5. The van der Waals surface area contributed by atoms with Crippen LogP contribution in [-0.4, -0.2) is 70.2 Å². The standard InChI is InChI=1S/C25H23N5O5/c1-15-5-3-6-17-16(2)13-20(26-23(15)17)27-9-11-28(12-10-27)21(31)14-29-24(32)18-7-4-8-19(30(34)35)22(18)25(29)33/h3-8,13H,9-12,14H2,1-2H3. The highest BCUT2D eigenvalue weighted by molar-refractivity contribution is 6.24. The van der Waals surface area contributed by atoms with Crippen LogP contribution in [0.15, 0.2) is 42.5 Å². The number of piperazine rings is 1. The smallest absolute Gasteiger partial charge is 0.282 e. The number of hydrogen-bond donors (Lipinski definition) is 0. The average molecular weight is 473 g/mol. The molecule has 10 heteroatoms. The summed E-state index contributed by atoms with van der Waals surface area (Å²) in [5.41, 5.74) is 2.45. The van der Waals surface area contributed by atoms with E-state index >= 15 is 0 Å². The molecule has 0 radical (unpaired) electrons. The Morgan fingerprint density at radius 1 is 1.00 bits per heavy atom. The number of carbonyl (C=O) groups is 3. The van der Waals surface area contributed by atoms with Gasteiger partial charge in [0.1, 0.15) is 17.9 Å². The van der Waals surface area contributed by atoms with Crippen LogP contribution in [0.1, 0.15) is 31.8 Å². The number of nitro groups is 1. The van der Waals surface area contributed by atoms with Gasteiger partial charge in [-0.2, -0.15) is 0 Å². The number of benzene rings is 2. The molecule has 0 aliphatic carbocycles. The van der Waals surface area contributed by atoms with E-state index in [1.165, 1.54) is 18.2 Å². The van der Waals surface area contributed by atoms with E-state index in [1.54, 1.807) is 4.90 Å². The molecule has 0 saturated carbocycles. The normalized spacial score (nSPS) is 15.7. The van der Waals surface area contributed by atoms with Gasteiger partial charge in [0.2, 0.25) is 5.91 Å². The first-order chi connectivity index (χ1) is 16.8. The van der Waals surface area contributed by atoms with Crippen molar-refractivity contribution in [1.29, 1.82) is 0 Å². The fraction of sp³-hybridized carbons (Fsp3) is 0.280. The second-order valence-corrected chi connectivity index (χ2v) is 8.79. The highest BCUT2D eigenvalue weighted by Gasteiger charge is 2.42. The Labute approximate surface area is 200 Å². The zero-order chi connectivity index (χ0) is 24.9. The Balaban J connectivity index is 1.27. The van der Waals surface area contributed by atoms with Crippen LogP contribution >= 0.6 is 0 Å². The minimum absolute atomic E-state index is 0.0464. The summed E-state index contributed by atoms with van der Waals surface area (Å²) in [6, 6.07) is 12.1. The highest BCUT2D eigenvalue weighted by Crippen LogP contribution is 2.31. The summed E-state index contributed by atoms with van der Waals surface area (Å²) in [5, 5.41) is 12.4. The number of nitrogens with zero attached hydrogens (tertiary/aromatic N) is 5. The van der Waals surface area contributed by atoms with Crippen molar-refractivity contribution in [1.82, 2.24) is 14.8 Å². The number of aryl methyl sites for hydroxylation is 2. The number of pyridine rings is 1. The molecule has 10 nitrogen and oxygen atoms in total. The first-order valence-electron chi connectivity index (χ1n) is 11.3. The van der Waals surface area contributed by atoms with E-state index in [9.17, 15) is 24.5 Å². The third-order valence-electron chi connectivity index (χ3n) is 6.66. The van der Waals surface area contributed by atoms with Crippen molar-refractivity contribution >= 4 is 40.1 Å². The van der Waals surface area contributed by atoms with Crippen molar-refractivity contribution < 1.29 is 19.3 Å². The van der Waals surface area contributed by atoms with Gasteiger partial charge in [-0.05, 0) is 37.1 Å². The van der Waals surface area contributed by atoms with Gasteiger partial charge < -0.3 is 9.80 Å². The number of imide groups is 1. The molecule has 178 valence electrons. The van der Waals surface area contributed by atoms with Crippen LogP contribution in [0.25, 0.3) is 10.9 Å². The largest absolute Gasteiger partial charge is 0.353 e. The van der Waals surface area contributed by atoms with Gasteiger partial charge in [0.15, 0.2) is 0 Å². The molecule has 5 rings (SSSR count). The van der Waals surface area contributed by atoms with E-state index in [0.29, 0.717) is 26.2 Å². The average Bonchev–Trinajstić information content (AvgIpc) is 3.09. The van der Waals surface area contributed by atoms with E-state index in [0.717, 1.165) is 32.7 Å². The lowest BCUT2D eigenvalue weighted by Crippen LogP contribution is -2.52. The minimum atomic E-state index is -0.810. The number of nitro benzene ring substituents is 1. The Morgan fingerprint density at radius 2 is 1.71 bits per heavy atom. The molecule has 2 aromatic carbocycles. The van der Waals surface area contributed by atoms with Gasteiger partial charge in [0.05, 0.1) is 16.0 Å². The summed E-state index contributed by atoms with van der Waals surface area (Å²) >= 11 is 0. The van der Waals surface area contributed by atoms with Crippen LogP contribution in [0.3, 0.4) is 0 Å². The number of fused-ring (bicyclic) bond motifs is 2. The molecule has 3 amide bonds. The fourth-order valence-corrected chi connectivity index (χ4v) is 4.74. The SMILES string of the molecule is Cc1cc(N2CCN(C(=O)CN3C(=O)c4cccc([N+](=O)[O-])c4C3=O)CC2)nc2c(C)cccc12. The summed E-state index contributed by atoms with van der Waals surface area (Å²) in [6.07, 6.45) is 0. The van der Waals surface area contributed by atoms with E-state index in [4.69, 9.17) is 4.98 Å². The number of carbonyl (C=O) groups excluding carboxylic acids is 3. The Hall–Kier alpha value is -4.34. The maximum atomic E-state index is 12.9. The van der Waals surface area contributed by atoms with Gasteiger partial charge >= 0.3 is 0 Å². The van der Waals surface area contributed by atoms with Crippen molar-refractivity contribution in [2.24, 2.45) is 0 Å². The van der Waals surface area contributed by atoms with Crippen molar-refractivity contribution in [2.45, 2.75) is 13.8 Å². The molecule has 2 aliphatic rings. The molecule has 0 spiro atoms. The predicted molar refractivity (Wildman–Crippen MR) is 128 cm³/mol. The molecule has 0 N–H and O–H groups in total.